The zero-order chi connectivity index (χ0) is 14.1. The molecule has 0 unspecified atom stereocenters. The molecule has 0 amide bonds. The summed E-state index contributed by atoms with van der Waals surface area (Å²) in [5.41, 5.74) is 3.95. The Morgan fingerprint density at radius 1 is 0.850 bits per heavy atom. The van der Waals surface area contributed by atoms with Gasteiger partial charge in [-0.3, -0.25) is 0 Å². The van der Waals surface area contributed by atoms with Gasteiger partial charge in [-0.2, -0.15) is 0 Å². The zero-order valence-electron chi connectivity index (χ0n) is 11.9. The van der Waals surface area contributed by atoms with Gasteiger partial charge < -0.3 is 5.32 Å². The topological polar surface area (TPSA) is 37.8 Å². The highest BCUT2D eigenvalue weighted by Crippen LogP contribution is 2.31. The predicted molar refractivity (Wildman–Crippen MR) is 84.0 cm³/mol. The lowest BCUT2D eigenvalue weighted by Gasteiger charge is -2.12. The molecule has 0 aliphatic carbocycles. The highest BCUT2D eigenvalue weighted by molar-refractivity contribution is 5.97. The fourth-order valence-electron chi connectivity index (χ4n) is 2.40. The minimum absolute atomic E-state index is 0.824. The SMILES string of the molecule is CNc1nc(C)c(C)nc1-c1cccc2ccccc12. The summed E-state index contributed by atoms with van der Waals surface area (Å²) in [5, 5.41) is 5.57. The maximum absolute atomic E-state index is 4.74. The van der Waals surface area contributed by atoms with Crippen molar-refractivity contribution in [3.8, 4) is 11.3 Å². The van der Waals surface area contributed by atoms with Crippen LogP contribution < -0.4 is 5.32 Å². The lowest BCUT2D eigenvalue weighted by atomic mass is 10.0. The van der Waals surface area contributed by atoms with E-state index < -0.39 is 0 Å². The molecule has 1 heterocycles. The number of aromatic nitrogens is 2. The van der Waals surface area contributed by atoms with Crippen LogP contribution in [0.3, 0.4) is 0 Å². The average molecular weight is 263 g/mol. The molecule has 20 heavy (non-hydrogen) atoms. The van der Waals surface area contributed by atoms with Crippen molar-refractivity contribution in [2.24, 2.45) is 0 Å². The number of fused-ring (bicyclic) bond motifs is 1. The van der Waals surface area contributed by atoms with Crippen LogP contribution in [0, 0.1) is 13.8 Å². The molecular formula is C17H17N3. The van der Waals surface area contributed by atoms with Gasteiger partial charge in [0.05, 0.1) is 11.4 Å². The Balaban J connectivity index is 2.33. The Labute approximate surface area is 118 Å². The maximum Gasteiger partial charge on any atom is 0.152 e. The van der Waals surface area contributed by atoms with E-state index in [0.29, 0.717) is 0 Å². The maximum atomic E-state index is 4.74. The molecule has 0 saturated carbocycles. The number of aryl methyl sites for hydroxylation is 2. The molecule has 1 N–H and O–H groups in total. The van der Waals surface area contributed by atoms with Crippen LogP contribution >= 0.6 is 0 Å². The fraction of sp³-hybridized carbons (Fsp3) is 0.176. The Morgan fingerprint density at radius 3 is 2.35 bits per heavy atom. The Bertz CT molecular complexity index is 773. The van der Waals surface area contributed by atoms with Gasteiger partial charge in [0.1, 0.15) is 5.69 Å². The summed E-state index contributed by atoms with van der Waals surface area (Å²) in [5.74, 6) is 0.824. The van der Waals surface area contributed by atoms with Crippen molar-refractivity contribution in [1.29, 1.82) is 0 Å². The van der Waals surface area contributed by atoms with Crippen molar-refractivity contribution in [3.05, 3.63) is 53.9 Å². The first kappa shape index (κ1) is 12.6. The quantitative estimate of drug-likeness (QED) is 0.760. The molecule has 0 aliphatic rings. The highest BCUT2D eigenvalue weighted by atomic mass is 15.0. The van der Waals surface area contributed by atoms with Gasteiger partial charge in [0, 0.05) is 12.6 Å². The second-order valence-electron chi connectivity index (χ2n) is 4.87. The average Bonchev–Trinajstić information content (AvgIpc) is 2.49. The van der Waals surface area contributed by atoms with Crippen molar-refractivity contribution in [2.75, 3.05) is 12.4 Å². The van der Waals surface area contributed by atoms with E-state index in [0.717, 1.165) is 28.5 Å². The lowest BCUT2D eigenvalue weighted by Crippen LogP contribution is -2.03. The van der Waals surface area contributed by atoms with Crippen molar-refractivity contribution in [3.63, 3.8) is 0 Å². The van der Waals surface area contributed by atoms with Gasteiger partial charge >= 0.3 is 0 Å². The van der Waals surface area contributed by atoms with E-state index in [4.69, 9.17) is 4.98 Å². The van der Waals surface area contributed by atoms with E-state index in [-0.39, 0.29) is 0 Å². The van der Waals surface area contributed by atoms with Crippen LogP contribution in [0.25, 0.3) is 22.0 Å². The van der Waals surface area contributed by atoms with Crippen LogP contribution in [0.2, 0.25) is 0 Å². The summed E-state index contributed by atoms with van der Waals surface area (Å²) in [7, 11) is 1.88. The molecule has 0 aliphatic heterocycles. The molecule has 3 rings (SSSR count). The molecule has 100 valence electrons. The Morgan fingerprint density at radius 2 is 1.55 bits per heavy atom. The van der Waals surface area contributed by atoms with E-state index >= 15 is 0 Å². The summed E-state index contributed by atoms with van der Waals surface area (Å²) >= 11 is 0. The van der Waals surface area contributed by atoms with Crippen LogP contribution in [-0.4, -0.2) is 17.0 Å². The van der Waals surface area contributed by atoms with Crippen LogP contribution in [0.1, 0.15) is 11.4 Å². The van der Waals surface area contributed by atoms with E-state index in [1.165, 1.54) is 10.8 Å². The van der Waals surface area contributed by atoms with Crippen molar-refractivity contribution < 1.29 is 0 Å². The first-order chi connectivity index (χ1) is 9.70. The summed E-state index contributed by atoms with van der Waals surface area (Å²) in [6.45, 7) is 3.98. The van der Waals surface area contributed by atoms with Crippen LogP contribution in [0.15, 0.2) is 42.5 Å². The second kappa shape index (κ2) is 4.93. The number of hydrogen-bond donors (Lipinski definition) is 1. The van der Waals surface area contributed by atoms with Gasteiger partial charge in [-0.05, 0) is 24.6 Å². The van der Waals surface area contributed by atoms with E-state index in [9.17, 15) is 0 Å². The Kier molecular flexibility index (Phi) is 3.11. The summed E-state index contributed by atoms with van der Waals surface area (Å²) in [4.78, 5) is 9.34. The molecule has 0 saturated heterocycles. The number of benzene rings is 2. The van der Waals surface area contributed by atoms with Gasteiger partial charge in [-0.1, -0.05) is 42.5 Å². The number of nitrogens with zero attached hydrogens (tertiary/aromatic N) is 2. The number of rotatable bonds is 2. The lowest BCUT2D eigenvalue weighted by molar-refractivity contribution is 1.05. The molecule has 3 nitrogen and oxygen atoms in total. The smallest absolute Gasteiger partial charge is 0.152 e. The monoisotopic (exact) mass is 263 g/mol. The molecule has 0 fully saturated rings. The third-order valence-electron chi connectivity index (χ3n) is 3.59. The first-order valence-electron chi connectivity index (χ1n) is 6.72. The summed E-state index contributed by atoms with van der Waals surface area (Å²) < 4.78 is 0. The molecule has 0 bridgehead atoms. The minimum atomic E-state index is 0.824. The molecule has 0 radical (unpaired) electrons. The van der Waals surface area contributed by atoms with E-state index in [1.54, 1.807) is 0 Å². The van der Waals surface area contributed by atoms with E-state index in [2.05, 4.69) is 52.8 Å². The van der Waals surface area contributed by atoms with Crippen LogP contribution in [0.5, 0.6) is 0 Å². The predicted octanol–water partition coefficient (Wildman–Crippen LogP) is 3.96. The van der Waals surface area contributed by atoms with Crippen molar-refractivity contribution in [2.45, 2.75) is 13.8 Å². The normalized spacial score (nSPS) is 10.8. The molecular weight excluding hydrogens is 246 g/mol. The van der Waals surface area contributed by atoms with Gasteiger partial charge in [0.2, 0.25) is 0 Å². The summed E-state index contributed by atoms with van der Waals surface area (Å²) in [6.07, 6.45) is 0. The van der Waals surface area contributed by atoms with Crippen molar-refractivity contribution in [1.82, 2.24) is 9.97 Å². The molecule has 3 heteroatoms. The van der Waals surface area contributed by atoms with Crippen molar-refractivity contribution >= 4 is 16.6 Å². The zero-order valence-corrected chi connectivity index (χ0v) is 11.9. The minimum Gasteiger partial charge on any atom is -0.371 e. The highest BCUT2D eigenvalue weighted by Gasteiger charge is 2.12. The number of nitrogens with one attached hydrogen (secondary N) is 1. The van der Waals surface area contributed by atoms with E-state index in [1.807, 2.05) is 20.9 Å². The summed E-state index contributed by atoms with van der Waals surface area (Å²) in [6, 6.07) is 14.6. The Hall–Kier alpha value is -2.42. The van der Waals surface area contributed by atoms with Gasteiger partial charge in [-0.25, -0.2) is 9.97 Å². The first-order valence-corrected chi connectivity index (χ1v) is 6.72. The molecule has 3 aromatic rings. The van der Waals surface area contributed by atoms with Crippen LogP contribution in [-0.2, 0) is 0 Å². The van der Waals surface area contributed by atoms with Gasteiger partial charge in [-0.15, -0.1) is 0 Å². The molecule has 2 aromatic carbocycles. The number of hydrogen-bond acceptors (Lipinski definition) is 3. The number of anilines is 1. The molecule has 0 spiro atoms. The third-order valence-corrected chi connectivity index (χ3v) is 3.59. The van der Waals surface area contributed by atoms with Gasteiger partial charge in [0.25, 0.3) is 0 Å². The van der Waals surface area contributed by atoms with Gasteiger partial charge in [0.15, 0.2) is 5.82 Å². The second-order valence-corrected chi connectivity index (χ2v) is 4.87. The van der Waals surface area contributed by atoms with Crippen LogP contribution in [0.4, 0.5) is 5.82 Å². The largest absolute Gasteiger partial charge is 0.371 e. The fourth-order valence-corrected chi connectivity index (χ4v) is 2.40. The third kappa shape index (κ3) is 2.01. The standard InChI is InChI=1S/C17H17N3/c1-11-12(2)20-17(18-3)16(19-11)15-10-6-8-13-7-4-5-9-14(13)15/h4-10H,1-3H3,(H,18,20). The molecule has 0 atom stereocenters. The molecule has 1 aromatic heterocycles.